The van der Waals surface area contributed by atoms with E-state index in [-0.39, 0.29) is 29.5 Å². The summed E-state index contributed by atoms with van der Waals surface area (Å²) >= 11 is 0. The van der Waals surface area contributed by atoms with Crippen LogP contribution < -0.4 is 4.74 Å². The van der Waals surface area contributed by atoms with E-state index in [1.165, 1.54) is 0 Å². The van der Waals surface area contributed by atoms with E-state index >= 15 is 0 Å². The summed E-state index contributed by atoms with van der Waals surface area (Å²) in [6.45, 7) is 0. The lowest BCUT2D eigenvalue weighted by molar-refractivity contribution is -0.138. The molecule has 2 aliphatic rings. The van der Waals surface area contributed by atoms with Gasteiger partial charge in [-0.1, -0.05) is 18.2 Å². The molecule has 0 spiro atoms. The molecular formula is C13H12O3. The van der Waals surface area contributed by atoms with Crippen molar-refractivity contribution in [3.8, 4) is 5.75 Å². The smallest absolute Gasteiger partial charge is 0.315 e. The van der Waals surface area contributed by atoms with Gasteiger partial charge in [0.1, 0.15) is 11.5 Å². The average Bonchev–Trinajstić information content (AvgIpc) is 2.91. The first kappa shape index (κ1) is 9.58. The van der Waals surface area contributed by atoms with E-state index in [0.29, 0.717) is 12.2 Å². The quantitative estimate of drug-likeness (QED) is 0.559. The van der Waals surface area contributed by atoms with Crippen molar-refractivity contribution in [2.24, 2.45) is 17.8 Å². The molecule has 0 amide bonds. The maximum Gasteiger partial charge on any atom is 0.315 e. The number of esters is 1. The summed E-state index contributed by atoms with van der Waals surface area (Å²) < 4.78 is 5.23. The lowest BCUT2D eigenvalue weighted by Gasteiger charge is -2.04. The van der Waals surface area contributed by atoms with Crippen LogP contribution in [0.5, 0.6) is 5.75 Å². The monoisotopic (exact) mass is 216 g/mol. The van der Waals surface area contributed by atoms with Crippen LogP contribution in [-0.2, 0) is 9.59 Å². The third-order valence-corrected chi connectivity index (χ3v) is 3.50. The van der Waals surface area contributed by atoms with Gasteiger partial charge < -0.3 is 4.74 Å². The summed E-state index contributed by atoms with van der Waals surface area (Å²) in [6.07, 6.45) is 1.50. The molecule has 0 aliphatic heterocycles. The van der Waals surface area contributed by atoms with E-state index < -0.39 is 0 Å². The fraction of sp³-hybridized carbons (Fsp3) is 0.385. The van der Waals surface area contributed by atoms with E-state index in [1.54, 1.807) is 12.1 Å². The van der Waals surface area contributed by atoms with Crippen molar-refractivity contribution < 1.29 is 14.3 Å². The van der Waals surface area contributed by atoms with Crippen LogP contribution >= 0.6 is 0 Å². The number of carbonyl (C=O) groups is 2. The number of carbonyl (C=O) groups excluding carboxylic acids is 2. The topological polar surface area (TPSA) is 43.4 Å². The van der Waals surface area contributed by atoms with Gasteiger partial charge in [-0.05, 0) is 24.5 Å². The molecule has 3 unspecified atom stereocenters. The Morgan fingerprint density at radius 1 is 1.25 bits per heavy atom. The van der Waals surface area contributed by atoms with Crippen LogP contribution in [0.4, 0.5) is 0 Å². The van der Waals surface area contributed by atoms with Crippen molar-refractivity contribution >= 4 is 11.8 Å². The number of fused-ring (bicyclic) bond motifs is 1. The van der Waals surface area contributed by atoms with E-state index in [4.69, 9.17) is 4.74 Å². The largest absolute Gasteiger partial charge is 0.426 e. The van der Waals surface area contributed by atoms with E-state index in [2.05, 4.69) is 0 Å². The van der Waals surface area contributed by atoms with Crippen LogP contribution in [0.1, 0.15) is 12.8 Å². The molecule has 0 saturated heterocycles. The lowest BCUT2D eigenvalue weighted by Crippen LogP contribution is -2.15. The number of hydrogen-bond donors (Lipinski definition) is 0. The predicted octanol–water partition coefficient (Wildman–Crippen LogP) is 1.82. The Kier molecular flexibility index (Phi) is 2.06. The van der Waals surface area contributed by atoms with Gasteiger partial charge in [0.25, 0.3) is 0 Å². The van der Waals surface area contributed by atoms with Gasteiger partial charge in [0.2, 0.25) is 0 Å². The average molecular weight is 216 g/mol. The Balaban J connectivity index is 1.66. The van der Waals surface area contributed by atoms with E-state index in [1.807, 2.05) is 18.2 Å². The number of benzene rings is 1. The third-order valence-electron chi connectivity index (χ3n) is 3.50. The second-order valence-electron chi connectivity index (χ2n) is 4.45. The molecule has 0 radical (unpaired) electrons. The Morgan fingerprint density at radius 3 is 2.62 bits per heavy atom. The highest BCUT2D eigenvalue weighted by molar-refractivity contribution is 5.95. The molecule has 16 heavy (non-hydrogen) atoms. The molecule has 3 heteroatoms. The SMILES string of the molecule is O=C1CCC2C1C2C(=O)Oc1ccccc1. The van der Waals surface area contributed by atoms with Gasteiger partial charge in [-0.3, -0.25) is 9.59 Å². The molecule has 2 aliphatic carbocycles. The molecule has 2 saturated carbocycles. The zero-order valence-corrected chi connectivity index (χ0v) is 8.76. The number of Topliss-reactive ketones (excluding diaryl/α,β-unsaturated/α-hetero) is 1. The summed E-state index contributed by atoms with van der Waals surface area (Å²) in [5.74, 6) is 0.626. The maximum absolute atomic E-state index is 11.8. The predicted molar refractivity (Wildman–Crippen MR) is 56.8 cm³/mol. The number of ether oxygens (including phenoxy) is 1. The van der Waals surface area contributed by atoms with Crippen LogP contribution in [0.2, 0.25) is 0 Å². The Morgan fingerprint density at radius 2 is 2.00 bits per heavy atom. The molecule has 2 fully saturated rings. The normalized spacial score (nSPS) is 31.0. The molecule has 3 nitrogen and oxygen atoms in total. The summed E-state index contributed by atoms with van der Waals surface area (Å²) in [4.78, 5) is 23.1. The van der Waals surface area contributed by atoms with Gasteiger partial charge in [-0.25, -0.2) is 0 Å². The minimum absolute atomic E-state index is 0.0313. The van der Waals surface area contributed by atoms with Crippen LogP contribution in [-0.4, -0.2) is 11.8 Å². The number of para-hydroxylation sites is 1. The summed E-state index contributed by atoms with van der Waals surface area (Å²) in [5, 5.41) is 0. The molecule has 0 aromatic heterocycles. The summed E-state index contributed by atoms with van der Waals surface area (Å²) in [7, 11) is 0. The van der Waals surface area contributed by atoms with Crippen LogP contribution in [0.25, 0.3) is 0 Å². The first-order valence-corrected chi connectivity index (χ1v) is 5.57. The molecule has 0 heterocycles. The standard InChI is InChI=1S/C13H12O3/c14-10-7-6-9-11(10)12(9)13(15)16-8-4-2-1-3-5-8/h1-5,9,11-12H,6-7H2. The number of ketones is 1. The fourth-order valence-electron chi connectivity index (χ4n) is 2.64. The first-order chi connectivity index (χ1) is 7.77. The van der Waals surface area contributed by atoms with Gasteiger partial charge in [0.05, 0.1) is 5.92 Å². The Hall–Kier alpha value is -1.64. The summed E-state index contributed by atoms with van der Waals surface area (Å²) in [6, 6.07) is 9.01. The molecular weight excluding hydrogens is 204 g/mol. The highest BCUT2D eigenvalue weighted by atomic mass is 16.5. The van der Waals surface area contributed by atoms with Crippen molar-refractivity contribution in [2.75, 3.05) is 0 Å². The number of rotatable bonds is 2. The Bertz CT molecular complexity index is 438. The van der Waals surface area contributed by atoms with Gasteiger partial charge in [-0.2, -0.15) is 0 Å². The van der Waals surface area contributed by atoms with Gasteiger partial charge in [0, 0.05) is 12.3 Å². The van der Waals surface area contributed by atoms with E-state index in [0.717, 1.165) is 6.42 Å². The Labute approximate surface area is 93.4 Å². The molecule has 1 aromatic carbocycles. The zero-order valence-electron chi connectivity index (χ0n) is 8.76. The van der Waals surface area contributed by atoms with Crippen molar-refractivity contribution in [1.82, 2.24) is 0 Å². The zero-order chi connectivity index (χ0) is 11.1. The van der Waals surface area contributed by atoms with Crippen molar-refractivity contribution in [2.45, 2.75) is 12.8 Å². The highest BCUT2D eigenvalue weighted by Crippen LogP contribution is 2.55. The van der Waals surface area contributed by atoms with E-state index in [9.17, 15) is 9.59 Å². The lowest BCUT2D eigenvalue weighted by atomic mass is 10.1. The van der Waals surface area contributed by atoms with Crippen LogP contribution in [0, 0.1) is 17.8 Å². The van der Waals surface area contributed by atoms with Gasteiger partial charge in [-0.15, -0.1) is 0 Å². The molecule has 0 bridgehead atoms. The third kappa shape index (κ3) is 1.43. The first-order valence-electron chi connectivity index (χ1n) is 5.57. The molecule has 82 valence electrons. The molecule has 0 N–H and O–H groups in total. The second kappa shape index (κ2) is 3.44. The maximum atomic E-state index is 11.8. The van der Waals surface area contributed by atoms with Gasteiger partial charge in [0.15, 0.2) is 0 Å². The second-order valence-corrected chi connectivity index (χ2v) is 4.45. The fourth-order valence-corrected chi connectivity index (χ4v) is 2.64. The molecule has 3 atom stereocenters. The van der Waals surface area contributed by atoms with Crippen molar-refractivity contribution in [3.63, 3.8) is 0 Å². The van der Waals surface area contributed by atoms with Crippen molar-refractivity contribution in [1.29, 1.82) is 0 Å². The minimum atomic E-state index is -0.241. The number of hydrogen-bond acceptors (Lipinski definition) is 3. The summed E-state index contributed by atoms with van der Waals surface area (Å²) in [5.41, 5.74) is 0. The highest BCUT2D eigenvalue weighted by Gasteiger charge is 2.62. The van der Waals surface area contributed by atoms with Crippen LogP contribution in [0.15, 0.2) is 30.3 Å². The molecule has 1 aromatic rings. The van der Waals surface area contributed by atoms with Crippen LogP contribution in [0.3, 0.4) is 0 Å². The minimum Gasteiger partial charge on any atom is -0.426 e. The molecule has 3 rings (SSSR count). The van der Waals surface area contributed by atoms with Gasteiger partial charge >= 0.3 is 5.97 Å². The van der Waals surface area contributed by atoms with Crippen molar-refractivity contribution in [3.05, 3.63) is 30.3 Å².